The summed E-state index contributed by atoms with van der Waals surface area (Å²) in [5, 5.41) is -0.238. The first-order valence-electron chi connectivity index (χ1n) is 6.88. The standard InChI is InChI=1S/C16H12F3N3O/c17-9-6-10(18)8-11(7-9)22-14(4-5-20)21-13-3-1-2-12(19)15(13)16(22)23/h1-3,6-8H,4-5,20H2. The number of rotatable bonds is 3. The van der Waals surface area contributed by atoms with Crippen LogP contribution >= 0.6 is 0 Å². The molecule has 0 atom stereocenters. The third kappa shape index (κ3) is 2.70. The van der Waals surface area contributed by atoms with Gasteiger partial charge in [-0.3, -0.25) is 9.36 Å². The maximum atomic E-state index is 14.0. The van der Waals surface area contributed by atoms with Crippen molar-refractivity contribution in [2.24, 2.45) is 5.73 Å². The van der Waals surface area contributed by atoms with Gasteiger partial charge in [0.25, 0.3) is 5.56 Å². The van der Waals surface area contributed by atoms with Crippen molar-refractivity contribution in [3.8, 4) is 5.69 Å². The summed E-state index contributed by atoms with van der Waals surface area (Å²) < 4.78 is 41.9. The fraction of sp³-hybridized carbons (Fsp3) is 0.125. The Kier molecular flexibility index (Phi) is 3.87. The highest BCUT2D eigenvalue weighted by molar-refractivity contribution is 5.78. The first-order chi connectivity index (χ1) is 11.0. The van der Waals surface area contributed by atoms with Gasteiger partial charge in [-0.1, -0.05) is 6.07 Å². The van der Waals surface area contributed by atoms with E-state index in [1.807, 2.05) is 0 Å². The number of hydrogen-bond acceptors (Lipinski definition) is 3. The Bertz CT molecular complexity index is 933. The van der Waals surface area contributed by atoms with Gasteiger partial charge in [-0.15, -0.1) is 0 Å². The summed E-state index contributed by atoms with van der Waals surface area (Å²) in [5.41, 5.74) is 4.89. The van der Waals surface area contributed by atoms with Crippen LogP contribution in [-0.2, 0) is 6.42 Å². The van der Waals surface area contributed by atoms with E-state index >= 15 is 0 Å². The normalized spacial score (nSPS) is 11.1. The summed E-state index contributed by atoms with van der Waals surface area (Å²) in [6.07, 6.45) is 0.194. The molecule has 2 aromatic carbocycles. The number of halogens is 3. The predicted octanol–water partition coefficient (Wildman–Crippen LogP) is 2.30. The highest BCUT2D eigenvalue weighted by Crippen LogP contribution is 2.17. The molecule has 4 nitrogen and oxygen atoms in total. The van der Waals surface area contributed by atoms with Crippen molar-refractivity contribution in [2.45, 2.75) is 6.42 Å². The molecule has 118 valence electrons. The van der Waals surface area contributed by atoms with Crippen LogP contribution in [-0.4, -0.2) is 16.1 Å². The Hall–Kier alpha value is -2.67. The van der Waals surface area contributed by atoms with E-state index < -0.39 is 23.0 Å². The lowest BCUT2D eigenvalue weighted by Crippen LogP contribution is -2.26. The predicted molar refractivity (Wildman–Crippen MR) is 80.0 cm³/mol. The molecule has 3 aromatic rings. The molecule has 0 saturated heterocycles. The third-order valence-electron chi connectivity index (χ3n) is 3.39. The molecule has 0 bridgehead atoms. The zero-order valence-electron chi connectivity index (χ0n) is 11.9. The van der Waals surface area contributed by atoms with Gasteiger partial charge in [-0.05, 0) is 30.8 Å². The maximum absolute atomic E-state index is 14.0. The molecule has 1 aromatic heterocycles. The van der Waals surface area contributed by atoms with Crippen LogP contribution in [0.3, 0.4) is 0 Å². The molecule has 2 N–H and O–H groups in total. The molecule has 0 unspecified atom stereocenters. The van der Waals surface area contributed by atoms with Crippen molar-refractivity contribution in [2.75, 3.05) is 6.54 Å². The largest absolute Gasteiger partial charge is 0.330 e. The average molecular weight is 319 g/mol. The highest BCUT2D eigenvalue weighted by Gasteiger charge is 2.16. The Morgan fingerprint density at radius 2 is 1.78 bits per heavy atom. The summed E-state index contributed by atoms with van der Waals surface area (Å²) in [7, 11) is 0. The second-order valence-corrected chi connectivity index (χ2v) is 4.97. The van der Waals surface area contributed by atoms with Crippen molar-refractivity contribution in [1.29, 1.82) is 0 Å². The number of fused-ring (bicyclic) bond motifs is 1. The second-order valence-electron chi connectivity index (χ2n) is 4.97. The minimum Gasteiger partial charge on any atom is -0.330 e. The maximum Gasteiger partial charge on any atom is 0.268 e. The van der Waals surface area contributed by atoms with E-state index in [0.29, 0.717) is 6.07 Å². The smallest absolute Gasteiger partial charge is 0.268 e. The van der Waals surface area contributed by atoms with E-state index in [1.165, 1.54) is 12.1 Å². The van der Waals surface area contributed by atoms with Crippen LogP contribution in [0.4, 0.5) is 13.2 Å². The molecule has 7 heteroatoms. The van der Waals surface area contributed by atoms with Crippen LogP contribution in [0.1, 0.15) is 5.82 Å². The van der Waals surface area contributed by atoms with Crippen LogP contribution in [0.2, 0.25) is 0 Å². The number of benzene rings is 2. The van der Waals surface area contributed by atoms with E-state index in [2.05, 4.69) is 4.98 Å². The molecule has 1 heterocycles. The second kappa shape index (κ2) is 5.85. The van der Waals surface area contributed by atoms with Gasteiger partial charge in [-0.25, -0.2) is 18.2 Å². The van der Waals surface area contributed by atoms with Crippen molar-refractivity contribution in [1.82, 2.24) is 9.55 Å². The van der Waals surface area contributed by atoms with E-state index in [4.69, 9.17) is 5.73 Å². The van der Waals surface area contributed by atoms with Gasteiger partial charge >= 0.3 is 0 Å². The fourth-order valence-corrected chi connectivity index (χ4v) is 2.47. The number of nitrogens with zero attached hydrogens (tertiary/aromatic N) is 2. The minimum atomic E-state index is -0.848. The highest BCUT2D eigenvalue weighted by atomic mass is 19.1. The van der Waals surface area contributed by atoms with Crippen LogP contribution in [0, 0.1) is 17.5 Å². The van der Waals surface area contributed by atoms with Gasteiger partial charge in [0, 0.05) is 12.5 Å². The Labute approximate surface area is 129 Å². The molecular weight excluding hydrogens is 307 g/mol. The van der Waals surface area contributed by atoms with Crippen LogP contribution < -0.4 is 11.3 Å². The van der Waals surface area contributed by atoms with Gasteiger partial charge in [0.05, 0.1) is 11.2 Å². The first kappa shape index (κ1) is 15.2. The molecule has 0 fully saturated rings. The third-order valence-corrected chi connectivity index (χ3v) is 3.39. The zero-order chi connectivity index (χ0) is 16.6. The topological polar surface area (TPSA) is 60.9 Å². The summed E-state index contributed by atoms with van der Waals surface area (Å²) in [5.74, 6) is -2.23. The van der Waals surface area contributed by atoms with E-state index in [0.717, 1.165) is 22.8 Å². The lowest BCUT2D eigenvalue weighted by Gasteiger charge is -2.13. The fourth-order valence-electron chi connectivity index (χ4n) is 2.47. The number of nitrogens with two attached hydrogens (primary N) is 1. The van der Waals surface area contributed by atoms with Gasteiger partial charge < -0.3 is 5.73 Å². The number of aromatic nitrogens is 2. The SMILES string of the molecule is NCCc1nc2cccc(F)c2c(=O)n1-c1cc(F)cc(F)c1. The van der Waals surface area contributed by atoms with Gasteiger partial charge in [-0.2, -0.15) is 0 Å². The first-order valence-corrected chi connectivity index (χ1v) is 6.88. The van der Waals surface area contributed by atoms with E-state index in [9.17, 15) is 18.0 Å². The van der Waals surface area contributed by atoms with E-state index in [-0.39, 0.29) is 35.4 Å². The molecule has 0 aliphatic carbocycles. The van der Waals surface area contributed by atoms with Gasteiger partial charge in [0.2, 0.25) is 0 Å². The van der Waals surface area contributed by atoms with Crippen molar-refractivity contribution in [3.05, 3.63) is 70.0 Å². The molecule has 0 radical (unpaired) electrons. The van der Waals surface area contributed by atoms with E-state index in [1.54, 1.807) is 0 Å². The molecule has 0 aliphatic heterocycles. The molecular formula is C16H12F3N3O. The lowest BCUT2D eigenvalue weighted by molar-refractivity contribution is 0.580. The zero-order valence-corrected chi connectivity index (χ0v) is 11.9. The summed E-state index contributed by atoms with van der Waals surface area (Å²) in [4.78, 5) is 16.9. The monoisotopic (exact) mass is 319 g/mol. The minimum absolute atomic E-state index is 0.0615. The van der Waals surface area contributed by atoms with Gasteiger partial charge in [0.15, 0.2) is 0 Å². The molecule has 0 spiro atoms. The van der Waals surface area contributed by atoms with Crippen molar-refractivity contribution in [3.63, 3.8) is 0 Å². The van der Waals surface area contributed by atoms with Gasteiger partial charge in [0.1, 0.15) is 28.7 Å². The lowest BCUT2D eigenvalue weighted by atomic mass is 10.2. The van der Waals surface area contributed by atoms with Crippen LogP contribution in [0.15, 0.2) is 41.2 Å². The van der Waals surface area contributed by atoms with Crippen molar-refractivity contribution >= 4 is 10.9 Å². The van der Waals surface area contributed by atoms with Crippen LogP contribution in [0.5, 0.6) is 0 Å². The van der Waals surface area contributed by atoms with Crippen molar-refractivity contribution < 1.29 is 13.2 Å². The molecule has 23 heavy (non-hydrogen) atoms. The summed E-state index contributed by atoms with van der Waals surface area (Å²) in [6, 6.07) is 6.72. The quantitative estimate of drug-likeness (QED) is 0.806. The Balaban J connectivity index is 2.42. The van der Waals surface area contributed by atoms with Crippen LogP contribution in [0.25, 0.3) is 16.6 Å². The molecule has 0 saturated carbocycles. The summed E-state index contributed by atoms with van der Waals surface area (Å²) in [6.45, 7) is 0.172. The Morgan fingerprint density at radius 1 is 1.09 bits per heavy atom. The molecule has 3 rings (SSSR count). The summed E-state index contributed by atoms with van der Waals surface area (Å²) >= 11 is 0. The average Bonchev–Trinajstić information content (AvgIpc) is 2.46. The number of hydrogen-bond donors (Lipinski definition) is 1. The molecule has 0 amide bonds. The Morgan fingerprint density at radius 3 is 2.43 bits per heavy atom. The molecule has 0 aliphatic rings.